The van der Waals surface area contributed by atoms with Gasteiger partial charge in [-0.2, -0.15) is 5.26 Å². The number of halogens is 1. The van der Waals surface area contributed by atoms with Crippen LogP contribution >= 0.6 is 0 Å². The highest BCUT2D eigenvalue weighted by Gasteiger charge is 2.28. The van der Waals surface area contributed by atoms with E-state index in [1.807, 2.05) is 4.57 Å². The van der Waals surface area contributed by atoms with E-state index in [0.29, 0.717) is 23.5 Å². The Morgan fingerprint density at radius 1 is 1.31 bits per heavy atom. The first kappa shape index (κ1) is 19.5. The summed E-state index contributed by atoms with van der Waals surface area (Å²) in [6, 6.07) is 6.25. The molecule has 2 aromatic heterocycles. The molecule has 3 aromatic rings. The van der Waals surface area contributed by atoms with Crippen LogP contribution in [0.5, 0.6) is 0 Å². The highest BCUT2D eigenvalue weighted by Crippen LogP contribution is 2.37. The van der Waals surface area contributed by atoms with E-state index in [9.17, 15) is 18.1 Å². The molecule has 0 spiro atoms. The maximum atomic E-state index is 13.8. The monoisotopic (exact) mass is 413 g/mol. The van der Waals surface area contributed by atoms with Gasteiger partial charge in [0.25, 0.3) is 0 Å². The number of aromatic nitrogens is 3. The van der Waals surface area contributed by atoms with Gasteiger partial charge in [-0.1, -0.05) is 0 Å². The minimum Gasteiger partial charge on any atom is -0.336 e. The normalized spacial score (nSPS) is 14.4. The number of nitrogens with zero attached hydrogens (tertiary/aromatic N) is 4. The van der Waals surface area contributed by atoms with Crippen LogP contribution in [0.2, 0.25) is 0 Å². The summed E-state index contributed by atoms with van der Waals surface area (Å²) in [6.45, 7) is 4.13. The molecule has 0 unspecified atom stereocenters. The van der Waals surface area contributed by atoms with E-state index in [1.165, 1.54) is 24.5 Å². The Labute approximate surface area is 168 Å². The second-order valence-corrected chi connectivity index (χ2v) is 9.28. The fraction of sp³-hybridized carbons (Fsp3) is 0.350. The van der Waals surface area contributed by atoms with Crippen molar-refractivity contribution in [3.05, 3.63) is 42.0 Å². The van der Waals surface area contributed by atoms with Gasteiger partial charge in [0, 0.05) is 18.0 Å². The van der Waals surface area contributed by atoms with Crippen molar-refractivity contribution >= 4 is 20.9 Å². The second-order valence-electron chi connectivity index (χ2n) is 7.57. The van der Waals surface area contributed by atoms with E-state index in [4.69, 9.17) is 0 Å². The number of rotatable bonds is 6. The van der Waals surface area contributed by atoms with E-state index in [-0.39, 0.29) is 22.3 Å². The average molecular weight is 413 g/mol. The lowest BCUT2D eigenvalue weighted by molar-refractivity contribution is 0.569. The van der Waals surface area contributed by atoms with Crippen molar-refractivity contribution in [3.63, 3.8) is 0 Å². The fourth-order valence-electron chi connectivity index (χ4n) is 3.38. The van der Waals surface area contributed by atoms with Gasteiger partial charge in [-0.3, -0.25) is 0 Å². The molecule has 0 atom stereocenters. The summed E-state index contributed by atoms with van der Waals surface area (Å²) in [5.74, 6) is 0.310. The van der Waals surface area contributed by atoms with Gasteiger partial charge in [0.2, 0.25) is 10.0 Å². The third-order valence-corrected chi connectivity index (χ3v) is 6.43. The quantitative estimate of drug-likeness (QED) is 0.669. The molecular formula is C20H20FN5O2S. The molecule has 0 saturated heterocycles. The van der Waals surface area contributed by atoms with E-state index < -0.39 is 15.8 Å². The third kappa shape index (κ3) is 3.73. The Morgan fingerprint density at radius 3 is 2.59 bits per heavy atom. The zero-order valence-electron chi connectivity index (χ0n) is 16.1. The molecule has 1 N–H and O–H groups in total. The first-order valence-electron chi connectivity index (χ1n) is 9.36. The Bertz CT molecular complexity index is 1220. The molecule has 0 radical (unpaired) electrons. The van der Waals surface area contributed by atoms with Crippen LogP contribution in [-0.4, -0.2) is 29.0 Å². The summed E-state index contributed by atoms with van der Waals surface area (Å²) < 4.78 is 42.9. The van der Waals surface area contributed by atoms with Crippen LogP contribution in [0.3, 0.4) is 0 Å². The van der Waals surface area contributed by atoms with Crippen molar-refractivity contribution in [2.24, 2.45) is 5.92 Å². The minimum atomic E-state index is -3.72. The molecule has 1 aliphatic rings. The van der Waals surface area contributed by atoms with E-state index in [2.05, 4.69) is 20.8 Å². The molecule has 0 bridgehead atoms. The third-order valence-electron chi connectivity index (χ3n) is 4.82. The fourth-order valence-corrected chi connectivity index (χ4v) is 4.52. The maximum Gasteiger partial charge on any atom is 0.243 e. The van der Waals surface area contributed by atoms with Crippen LogP contribution in [0.1, 0.15) is 32.3 Å². The van der Waals surface area contributed by atoms with Gasteiger partial charge in [0.1, 0.15) is 22.5 Å². The van der Waals surface area contributed by atoms with Crippen LogP contribution < -0.4 is 4.72 Å². The number of sulfonamides is 1. The largest absolute Gasteiger partial charge is 0.336 e. The van der Waals surface area contributed by atoms with Crippen molar-refractivity contribution in [1.29, 1.82) is 5.26 Å². The van der Waals surface area contributed by atoms with Gasteiger partial charge in [-0.25, -0.2) is 27.5 Å². The molecule has 0 aliphatic heterocycles. The van der Waals surface area contributed by atoms with Gasteiger partial charge in [0.15, 0.2) is 5.82 Å². The van der Waals surface area contributed by atoms with Crippen molar-refractivity contribution in [1.82, 2.24) is 19.3 Å². The van der Waals surface area contributed by atoms with Gasteiger partial charge in [-0.15, -0.1) is 0 Å². The molecule has 7 nitrogen and oxygen atoms in total. The lowest BCUT2D eigenvalue weighted by Gasteiger charge is -2.11. The van der Waals surface area contributed by atoms with Crippen LogP contribution in [0.15, 0.2) is 35.5 Å². The van der Waals surface area contributed by atoms with Crippen LogP contribution in [0.25, 0.3) is 22.4 Å². The number of hydrogen-bond donors (Lipinski definition) is 1. The molecule has 1 aliphatic carbocycles. The lowest BCUT2D eigenvalue weighted by Crippen LogP contribution is -2.30. The molecule has 2 heterocycles. The molecular weight excluding hydrogens is 393 g/mol. The Kier molecular flexibility index (Phi) is 4.84. The molecule has 1 saturated carbocycles. The molecule has 150 valence electrons. The first-order valence-corrected chi connectivity index (χ1v) is 10.8. The van der Waals surface area contributed by atoms with Crippen molar-refractivity contribution in [3.8, 4) is 17.6 Å². The van der Waals surface area contributed by atoms with E-state index in [1.54, 1.807) is 19.9 Å². The zero-order chi connectivity index (χ0) is 20.8. The predicted octanol–water partition coefficient (Wildman–Crippen LogP) is 3.21. The molecule has 0 amide bonds. The van der Waals surface area contributed by atoms with E-state index in [0.717, 1.165) is 18.4 Å². The molecule has 1 fully saturated rings. The standard InChI is InChI=1S/C20H20FN5O2S/c1-12(2)25-29(27,28)15-9-23-20(24-10-15)19-17(8-22)16-7-14(21)5-6-18(16)26(19)11-13-3-4-13/h5-7,9-10,12-13,25H,3-4,11H2,1-2H3. The Balaban J connectivity index is 1.86. The summed E-state index contributed by atoms with van der Waals surface area (Å²) in [5.41, 5.74) is 1.52. The second kappa shape index (κ2) is 7.21. The van der Waals surface area contributed by atoms with Crippen LogP contribution in [-0.2, 0) is 16.6 Å². The number of hydrogen-bond acceptors (Lipinski definition) is 5. The summed E-state index contributed by atoms with van der Waals surface area (Å²) in [6.07, 6.45) is 4.66. The number of benzene rings is 1. The molecule has 1 aromatic carbocycles. The van der Waals surface area contributed by atoms with E-state index >= 15 is 0 Å². The Morgan fingerprint density at radius 2 is 2.00 bits per heavy atom. The van der Waals surface area contributed by atoms with Crippen molar-refractivity contribution < 1.29 is 12.8 Å². The highest BCUT2D eigenvalue weighted by atomic mass is 32.2. The highest BCUT2D eigenvalue weighted by molar-refractivity contribution is 7.89. The predicted molar refractivity (Wildman–Crippen MR) is 106 cm³/mol. The SMILES string of the molecule is CC(C)NS(=O)(=O)c1cnc(-c2c(C#N)c3cc(F)ccc3n2CC2CC2)nc1. The number of nitriles is 1. The van der Waals surface area contributed by atoms with Crippen molar-refractivity contribution in [2.45, 2.75) is 44.2 Å². The van der Waals surface area contributed by atoms with Crippen LogP contribution in [0.4, 0.5) is 4.39 Å². The Hall–Kier alpha value is -2.83. The summed E-state index contributed by atoms with van der Waals surface area (Å²) in [5, 5.41) is 10.3. The van der Waals surface area contributed by atoms with Gasteiger partial charge in [0.05, 0.1) is 23.5 Å². The number of nitrogens with one attached hydrogen (secondary N) is 1. The summed E-state index contributed by atoms with van der Waals surface area (Å²) in [7, 11) is -3.72. The zero-order valence-corrected chi connectivity index (χ0v) is 16.9. The number of fused-ring (bicyclic) bond motifs is 1. The van der Waals surface area contributed by atoms with Crippen LogP contribution in [0, 0.1) is 23.1 Å². The maximum absolute atomic E-state index is 13.8. The minimum absolute atomic E-state index is 0.0515. The summed E-state index contributed by atoms with van der Waals surface area (Å²) in [4.78, 5) is 8.43. The van der Waals surface area contributed by atoms with Crippen molar-refractivity contribution in [2.75, 3.05) is 0 Å². The van der Waals surface area contributed by atoms with Gasteiger partial charge < -0.3 is 4.57 Å². The summed E-state index contributed by atoms with van der Waals surface area (Å²) >= 11 is 0. The topological polar surface area (TPSA) is 101 Å². The average Bonchev–Trinajstić information content (AvgIpc) is 3.42. The molecule has 29 heavy (non-hydrogen) atoms. The molecule has 9 heteroatoms. The lowest BCUT2D eigenvalue weighted by atomic mass is 10.1. The smallest absolute Gasteiger partial charge is 0.243 e. The molecule has 4 rings (SSSR count). The van der Waals surface area contributed by atoms with Gasteiger partial charge in [-0.05, 0) is 50.8 Å². The van der Waals surface area contributed by atoms with Gasteiger partial charge >= 0.3 is 0 Å². The first-order chi connectivity index (χ1) is 13.8.